The fraction of sp³-hybridized carbons (Fsp3) is 0.235. The summed E-state index contributed by atoms with van der Waals surface area (Å²) in [5.41, 5.74) is 4.21. The van der Waals surface area contributed by atoms with E-state index < -0.39 is 0 Å². The van der Waals surface area contributed by atoms with Gasteiger partial charge in [-0.15, -0.1) is 11.6 Å². The molecule has 0 aromatic heterocycles. The van der Waals surface area contributed by atoms with Crippen molar-refractivity contribution in [2.45, 2.75) is 17.4 Å². The Labute approximate surface area is 134 Å². The van der Waals surface area contributed by atoms with Gasteiger partial charge >= 0.3 is 5.97 Å². The zero-order valence-corrected chi connectivity index (χ0v) is 13.4. The number of methoxy groups -OCH3 is 1. The monoisotopic (exact) mass is 320 g/mol. The molecule has 2 nitrogen and oxygen atoms in total. The molecule has 0 N–H and O–H groups in total. The first-order chi connectivity index (χ1) is 10.2. The quantitative estimate of drug-likeness (QED) is 0.572. The van der Waals surface area contributed by atoms with Crippen molar-refractivity contribution in [1.82, 2.24) is 0 Å². The lowest BCUT2D eigenvalue weighted by atomic mass is 10.1. The summed E-state index contributed by atoms with van der Waals surface area (Å²) in [5.74, 6) is 2.11. The highest BCUT2D eigenvalue weighted by Gasteiger charge is 2.04. The van der Waals surface area contributed by atoms with Crippen LogP contribution in [0, 0.1) is 0 Å². The van der Waals surface area contributed by atoms with E-state index in [1.807, 2.05) is 36.0 Å². The maximum Gasteiger partial charge on any atom is 0.337 e. The SMILES string of the molecule is COC(=O)c1ccc(CSCc2cccc(CCl)c2)cc1. The van der Waals surface area contributed by atoms with E-state index >= 15 is 0 Å². The normalized spacial score (nSPS) is 10.4. The Bertz CT molecular complexity index is 596. The van der Waals surface area contributed by atoms with E-state index in [-0.39, 0.29) is 5.97 Å². The van der Waals surface area contributed by atoms with Crippen LogP contribution < -0.4 is 0 Å². The minimum absolute atomic E-state index is 0.299. The van der Waals surface area contributed by atoms with Crippen LogP contribution in [0.4, 0.5) is 0 Å². The van der Waals surface area contributed by atoms with Gasteiger partial charge in [0, 0.05) is 17.4 Å². The Hall–Kier alpha value is -1.45. The molecule has 0 aliphatic carbocycles. The Kier molecular flexibility index (Phi) is 6.15. The number of hydrogen-bond donors (Lipinski definition) is 0. The van der Waals surface area contributed by atoms with Gasteiger partial charge in [-0.25, -0.2) is 4.79 Å². The second kappa shape index (κ2) is 8.11. The van der Waals surface area contributed by atoms with Crippen LogP contribution in [-0.4, -0.2) is 13.1 Å². The molecule has 0 amide bonds. The van der Waals surface area contributed by atoms with Crippen molar-refractivity contribution in [3.8, 4) is 0 Å². The van der Waals surface area contributed by atoms with Crippen molar-refractivity contribution in [3.05, 3.63) is 70.8 Å². The van der Waals surface area contributed by atoms with Gasteiger partial charge in [0.05, 0.1) is 12.7 Å². The molecule has 0 radical (unpaired) electrons. The molecule has 0 saturated carbocycles. The molecule has 110 valence electrons. The summed E-state index contributed by atoms with van der Waals surface area (Å²) in [4.78, 5) is 11.3. The molecular weight excluding hydrogens is 304 g/mol. The summed E-state index contributed by atoms with van der Waals surface area (Å²) in [6.07, 6.45) is 0. The van der Waals surface area contributed by atoms with E-state index in [9.17, 15) is 4.79 Å². The third-order valence-electron chi connectivity index (χ3n) is 3.06. The minimum Gasteiger partial charge on any atom is -0.465 e. The lowest BCUT2D eigenvalue weighted by molar-refractivity contribution is 0.0600. The molecule has 0 atom stereocenters. The Morgan fingerprint density at radius 1 is 1.05 bits per heavy atom. The summed E-state index contributed by atoms with van der Waals surface area (Å²) in [6.45, 7) is 0. The van der Waals surface area contributed by atoms with Gasteiger partial charge in [0.15, 0.2) is 0 Å². The molecule has 0 fully saturated rings. The molecule has 0 saturated heterocycles. The number of esters is 1. The van der Waals surface area contributed by atoms with Crippen molar-refractivity contribution in [2.24, 2.45) is 0 Å². The first-order valence-electron chi connectivity index (χ1n) is 6.61. The van der Waals surface area contributed by atoms with Gasteiger partial charge in [0.2, 0.25) is 0 Å². The second-order valence-electron chi connectivity index (χ2n) is 4.63. The minimum atomic E-state index is -0.299. The first-order valence-corrected chi connectivity index (χ1v) is 8.30. The molecule has 21 heavy (non-hydrogen) atoms. The topological polar surface area (TPSA) is 26.3 Å². The van der Waals surface area contributed by atoms with Crippen molar-refractivity contribution < 1.29 is 9.53 Å². The fourth-order valence-electron chi connectivity index (χ4n) is 1.94. The molecule has 0 aliphatic heterocycles. The smallest absolute Gasteiger partial charge is 0.337 e. The maximum atomic E-state index is 11.3. The van der Waals surface area contributed by atoms with Crippen molar-refractivity contribution >= 4 is 29.3 Å². The van der Waals surface area contributed by atoms with Gasteiger partial charge in [0.25, 0.3) is 0 Å². The van der Waals surface area contributed by atoms with Crippen LogP contribution in [0.15, 0.2) is 48.5 Å². The number of ether oxygens (including phenoxy) is 1. The predicted octanol–water partition coefficient (Wildman–Crippen LogP) is 4.65. The lowest BCUT2D eigenvalue weighted by Crippen LogP contribution is -2.00. The molecule has 4 heteroatoms. The summed E-state index contributed by atoms with van der Waals surface area (Å²) in [6, 6.07) is 15.9. The van der Waals surface area contributed by atoms with E-state index in [1.165, 1.54) is 18.2 Å². The summed E-state index contributed by atoms with van der Waals surface area (Å²) in [7, 11) is 1.39. The van der Waals surface area contributed by atoms with Gasteiger partial charge in [-0.2, -0.15) is 11.8 Å². The van der Waals surface area contributed by atoms with Crippen molar-refractivity contribution in [1.29, 1.82) is 0 Å². The number of halogens is 1. The number of carbonyl (C=O) groups excluding carboxylic acids is 1. The van der Waals surface area contributed by atoms with Gasteiger partial charge in [-0.05, 0) is 28.8 Å². The van der Waals surface area contributed by atoms with Crippen LogP contribution in [-0.2, 0) is 22.1 Å². The zero-order valence-electron chi connectivity index (χ0n) is 11.8. The van der Waals surface area contributed by atoms with E-state index in [1.54, 1.807) is 12.1 Å². The van der Waals surface area contributed by atoms with E-state index in [4.69, 9.17) is 11.6 Å². The summed E-state index contributed by atoms with van der Waals surface area (Å²) >= 11 is 7.68. The van der Waals surface area contributed by atoms with Gasteiger partial charge in [0.1, 0.15) is 0 Å². The predicted molar refractivity (Wildman–Crippen MR) is 88.8 cm³/mol. The van der Waals surface area contributed by atoms with E-state index in [0.717, 1.165) is 17.1 Å². The highest BCUT2D eigenvalue weighted by atomic mass is 35.5. The highest BCUT2D eigenvalue weighted by Crippen LogP contribution is 2.19. The lowest BCUT2D eigenvalue weighted by Gasteiger charge is -2.05. The van der Waals surface area contributed by atoms with Gasteiger partial charge < -0.3 is 4.74 Å². The van der Waals surface area contributed by atoms with Crippen LogP contribution >= 0.6 is 23.4 Å². The molecule has 0 spiro atoms. The van der Waals surface area contributed by atoms with Crippen LogP contribution in [0.1, 0.15) is 27.0 Å². The number of hydrogen-bond acceptors (Lipinski definition) is 3. The third kappa shape index (κ3) is 4.80. The number of carbonyl (C=O) groups is 1. The first kappa shape index (κ1) is 15.9. The number of alkyl halides is 1. The van der Waals surface area contributed by atoms with Crippen molar-refractivity contribution in [2.75, 3.05) is 7.11 Å². The molecule has 2 aromatic carbocycles. The second-order valence-corrected chi connectivity index (χ2v) is 5.89. The molecule has 0 unspecified atom stereocenters. The molecule has 0 bridgehead atoms. The number of benzene rings is 2. The number of rotatable bonds is 6. The summed E-state index contributed by atoms with van der Waals surface area (Å²) in [5, 5.41) is 0. The summed E-state index contributed by atoms with van der Waals surface area (Å²) < 4.78 is 4.68. The Morgan fingerprint density at radius 3 is 2.38 bits per heavy atom. The highest BCUT2D eigenvalue weighted by molar-refractivity contribution is 7.97. The Balaban J connectivity index is 1.87. The van der Waals surface area contributed by atoms with Gasteiger partial charge in [-0.3, -0.25) is 0 Å². The molecule has 0 aliphatic rings. The van der Waals surface area contributed by atoms with Crippen LogP contribution in [0.2, 0.25) is 0 Å². The average molecular weight is 321 g/mol. The Morgan fingerprint density at radius 2 is 1.71 bits per heavy atom. The standard InChI is InChI=1S/C17H17ClO2S/c1-20-17(19)16-7-5-13(6-8-16)11-21-12-15-4-2-3-14(9-15)10-18/h2-9H,10-12H2,1H3. The maximum absolute atomic E-state index is 11.3. The molecule has 2 aromatic rings. The van der Waals surface area contributed by atoms with Crippen molar-refractivity contribution in [3.63, 3.8) is 0 Å². The van der Waals surface area contributed by atoms with E-state index in [0.29, 0.717) is 11.4 Å². The van der Waals surface area contributed by atoms with Crippen LogP contribution in [0.3, 0.4) is 0 Å². The zero-order chi connectivity index (χ0) is 15.1. The fourth-order valence-corrected chi connectivity index (χ4v) is 3.06. The largest absolute Gasteiger partial charge is 0.465 e. The van der Waals surface area contributed by atoms with E-state index in [2.05, 4.69) is 16.9 Å². The van der Waals surface area contributed by atoms with Crippen LogP contribution in [0.25, 0.3) is 0 Å². The third-order valence-corrected chi connectivity index (χ3v) is 4.44. The molecule has 0 heterocycles. The van der Waals surface area contributed by atoms with Gasteiger partial charge in [-0.1, -0.05) is 36.4 Å². The van der Waals surface area contributed by atoms with Crippen LogP contribution in [0.5, 0.6) is 0 Å². The molecule has 2 rings (SSSR count). The average Bonchev–Trinajstić information content (AvgIpc) is 2.55. The number of thioether (sulfide) groups is 1. The molecular formula is C17H17ClO2S.